The molecule has 1 unspecified atom stereocenters. The zero-order chi connectivity index (χ0) is 18.7. The molecule has 1 aliphatic heterocycles. The number of ether oxygens (including phenoxy) is 1. The summed E-state index contributed by atoms with van der Waals surface area (Å²) in [7, 11) is -3.24. The molecule has 0 saturated carbocycles. The molecular weight excluding hydrogens is 370 g/mol. The van der Waals surface area contributed by atoms with Gasteiger partial charge in [-0.1, -0.05) is 19.1 Å². The van der Waals surface area contributed by atoms with Gasteiger partial charge in [0, 0.05) is 22.9 Å². The third-order valence-electron chi connectivity index (χ3n) is 4.16. The van der Waals surface area contributed by atoms with Crippen LogP contribution in [0.2, 0.25) is 0 Å². The highest BCUT2D eigenvalue weighted by Crippen LogP contribution is 2.37. The summed E-state index contributed by atoms with van der Waals surface area (Å²) in [6.45, 7) is 2.72. The van der Waals surface area contributed by atoms with Crippen LogP contribution in [-0.2, 0) is 14.6 Å². The summed E-state index contributed by atoms with van der Waals surface area (Å²) in [5, 5.41) is 0.443. The molecule has 7 heteroatoms. The fourth-order valence-electron chi connectivity index (χ4n) is 2.75. The number of carbonyl (C=O) groups is 1. The minimum Gasteiger partial charge on any atom is -0.484 e. The van der Waals surface area contributed by atoms with Gasteiger partial charge in [0.1, 0.15) is 5.75 Å². The van der Waals surface area contributed by atoms with E-state index >= 15 is 0 Å². The summed E-state index contributed by atoms with van der Waals surface area (Å²) >= 11 is 1.78. The van der Waals surface area contributed by atoms with Crippen molar-refractivity contribution in [1.29, 1.82) is 0 Å². The van der Waals surface area contributed by atoms with E-state index in [9.17, 15) is 13.2 Å². The van der Waals surface area contributed by atoms with Crippen LogP contribution in [0.4, 0.5) is 5.69 Å². The smallest absolute Gasteiger partial charge is 0.264 e. The standard InChI is InChI=1S/C19H21NO4S2/c1-14-11-12-20(17-5-3-4-6-18(17)25-14)19(21)13-24-15-7-9-16(10-8-15)26(2,22)23/h3-10,14H,11-13H2,1-2H3. The summed E-state index contributed by atoms with van der Waals surface area (Å²) in [4.78, 5) is 15.8. The number of anilines is 1. The number of hydrogen-bond donors (Lipinski definition) is 0. The number of hydrogen-bond acceptors (Lipinski definition) is 5. The van der Waals surface area contributed by atoms with Crippen molar-refractivity contribution in [1.82, 2.24) is 0 Å². The molecule has 0 bridgehead atoms. The van der Waals surface area contributed by atoms with Crippen molar-refractivity contribution in [2.45, 2.75) is 28.4 Å². The molecule has 2 aromatic carbocycles. The molecule has 0 saturated heterocycles. The Hall–Kier alpha value is -1.99. The summed E-state index contributed by atoms with van der Waals surface area (Å²) < 4.78 is 28.6. The molecule has 1 amide bonds. The zero-order valence-corrected chi connectivity index (χ0v) is 16.3. The molecule has 0 fully saturated rings. The first-order valence-electron chi connectivity index (χ1n) is 8.33. The van der Waals surface area contributed by atoms with Gasteiger partial charge in [0.2, 0.25) is 0 Å². The fraction of sp³-hybridized carbons (Fsp3) is 0.316. The van der Waals surface area contributed by atoms with Crippen LogP contribution >= 0.6 is 11.8 Å². The van der Waals surface area contributed by atoms with E-state index in [1.54, 1.807) is 28.8 Å². The Morgan fingerprint density at radius 2 is 1.88 bits per heavy atom. The van der Waals surface area contributed by atoms with E-state index in [1.165, 1.54) is 12.1 Å². The number of thioether (sulfide) groups is 1. The van der Waals surface area contributed by atoms with Crippen molar-refractivity contribution < 1.29 is 17.9 Å². The molecule has 5 nitrogen and oxygen atoms in total. The Morgan fingerprint density at radius 1 is 1.19 bits per heavy atom. The maximum Gasteiger partial charge on any atom is 0.264 e. The molecule has 0 spiro atoms. The molecule has 0 N–H and O–H groups in total. The largest absolute Gasteiger partial charge is 0.484 e. The highest BCUT2D eigenvalue weighted by atomic mass is 32.2. The topological polar surface area (TPSA) is 63.7 Å². The zero-order valence-electron chi connectivity index (χ0n) is 14.7. The van der Waals surface area contributed by atoms with Crippen molar-refractivity contribution in [3.8, 4) is 5.75 Å². The average Bonchev–Trinajstić information content (AvgIpc) is 2.77. The van der Waals surface area contributed by atoms with E-state index in [0.29, 0.717) is 17.5 Å². The lowest BCUT2D eigenvalue weighted by Crippen LogP contribution is -2.36. The number of rotatable bonds is 4. The average molecular weight is 392 g/mol. The molecule has 1 heterocycles. The van der Waals surface area contributed by atoms with Crippen LogP contribution in [-0.4, -0.2) is 39.0 Å². The van der Waals surface area contributed by atoms with Crippen molar-refractivity contribution in [2.75, 3.05) is 24.3 Å². The van der Waals surface area contributed by atoms with Gasteiger partial charge in [0.25, 0.3) is 5.91 Å². The van der Waals surface area contributed by atoms with E-state index < -0.39 is 9.84 Å². The second-order valence-corrected chi connectivity index (χ2v) is 9.76. The van der Waals surface area contributed by atoms with Gasteiger partial charge in [-0.3, -0.25) is 4.79 Å². The summed E-state index contributed by atoms with van der Waals surface area (Å²) in [5.41, 5.74) is 0.919. The lowest BCUT2D eigenvalue weighted by Gasteiger charge is -2.22. The van der Waals surface area contributed by atoms with Crippen molar-refractivity contribution >= 4 is 33.2 Å². The predicted molar refractivity (Wildman–Crippen MR) is 104 cm³/mol. The molecular formula is C19H21NO4S2. The van der Waals surface area contributed by atoms with E-state index in [1.807, 2.05) is 24.3 Å². The second kappa shape index (κ2) is 7.72. The van der Waals surface area contributed by atoms with Crippen LogP contribution in [0, 0.1) is 0 Å². The number of benzene rings is 2. The number of nitrogens with zero attached hydrogens (tertiary/aromatic N) is 1. The first kappa shape index (κ1) is 18.8. The highest BCUT2D eigenvalue weighted by Gasteiger charge is 2.24. The number of sulfone groups is 1. The molecule has 1 atom stereocenters. The van der Waals surface area contributed by atoms with Crippen molar-refractivity contribution in [2.24, 2.45) is 0 Å². The number of carbonyl (C=O) groups excluding carboxylic acids is 1. The number of fused-ring (bicyclic) bond motifs is 1. The lowest BCUT2D eigenvalue weighted by molar-refractivity contribution is -0.120. The maximum atomic E-state index is 12.7. The summed E-state index contributed by atoms with van der Waals surface area (Å²) in [6, 6.07) is 14.0. The van der Waals surface area contributed by atoms with Gasteiger partial charge in [-0.15, -0.1) is 11.8 Å². The molecule has 138 valence electrons. The molecule has 2 aromatic rings. The van der Waals surface area contributed by atoms with Gasteiger partial charge in [-0.05, 0) is 42.8 Å². The van der Waals surface area contributed by atoms with Gasteiger partial charge in [0.15, 0.2) is 16.4 Å². The van der Waals surface area contributed by atoms with Gasteiger partial charge >= 0.3 is 0 Å². The van der Waals surface area contributed by atoms with Crippen LogP contribution in [0.5, 0.6) is 5.75 Å². The molecule has 3 rings (SSSR count). The van der Waals surface area contributed by atoms with Gasteiger partial charge in [-0.2, -0.15) is 0 Å². The van der Waals surface area contributed by atoms with Gasteiger partial charge in [-0.25, -0.2) is 8.42 Å². The van der Waals surface area contributed by atoms with Crippen molar-refractivity contribution in [3.63, 3.8) is 0 Å². The Labute approximate surface area is 158 Å². The van der Waals surface area contributed by atoms with Crippen LogP contribution in [0.15, 0.2) is 58.3 Å². The Balaban J connectivity index is 1.70. The number of para-hydroxylation sites is 1. The van der Waals surface area contributed by atoms with Crippen LogP contribution < -0.4 is 9.64 Å². The highest BCUT2D eigenvalue weighted by molar-refractivity contribution is 8.00. The summed E-state index contributed by atoms with van der Waals surface area (Å²) in [6.07, 6.45) is 2.07. The van der Waals surface area contributed by atoms with Crippen LogP contribution in [0.3, 0.4) is 0 Å². The molecule has 26 heavy (non-hydrogen) atoms. The predicted octanol–water partition coefficient (Wildman–Crippen LogP) is 3.39. The second-order valence-electron chi connectivity index (χ2n) is 6.26. The molecule has 0 aromatic heterocycles. The Kier molecular flexibility index (Phi) is 5.58. The lowest BCUT2D eigenvalue weighted by atomic mass is 10.2. The minimum absolute atomic E-state index is 0.0917. The molecule has 1 aliphatic rings. The normalized spacial score (nSPS) is 17.3. The van der Waals surface area contributed by atoms with Crippen molar-refractivity contribution in [3.05, 3.63) is 48.5 Å². The first-order valence-corrected chi connectivity index (χ1v) is 11.1. The fourth-order valence-corrected chi connectivity index (χ4v) is 4.50. The Bertz CT molecular complexity index is 894. The third kappa shape index (κ3) is 4.40. The molecule has 0 aliphatic carbocycles. The van der Waals surface area contributed by atoms with E-state index in [0.717, 1.165) is 23.3 Å². The third-order valence-corrected chi connectivity index (χ3v) is 6.52. The molecule has 0 radical (unpaired) electrons. The SMILES string of the molecule is CC1CCN(C(=O)COc2ccc(S(C)(=O)=O)cc2)c2ccccc2S1. The van der Waals surface area contributed by atoms with E-state index in [-0.39, 0.29) is 17.4 Å². The first-order chi connectivity index (χ1) is 12.3. The maximum absolute atomic E-state index is 12.7. The minimum atomic E-state index is -3.24. The summed E-state index contributed by atoms with van der Waals surface area (Å²) in [5.74, 6) is 0.357. The van der Waals surface area contributed by atoms with Crippen LogP contribution in [0.1, 0.15) is 13.3 Å². The monoisotopic (exact) mass is 391 g/mol. The quantitative estimate of drug-likeness (QED) is 0.799. The number of amides is 1. The van der Waals surface area contributed by atoms with Gasteiger partial charge in [0.05, 0.1) is 10.6 Å². The van der Waals surface area contributed by atoms with Crippen LogP contribution in [0.25, 0.3) is 0 Å². The van der Waals surface area contributed by atoms with Gasteiger partial charge < -0.3 is 9.64 Å². The van der Waals surface area contributed by atoms with E-state index in [2.05, 4.69) is 6.92 Å². The Morgan fingerprint density at radius 3 is 2.58 bits per heavy atom. The van der Waals surface area contributed by atoms with E-state index in [4.69, 9.17) is 4.74 Å².